The normalized spacial score (nSPS) is 12.0. The zero-order chi connectivity index (χ0) is 20.2. The van der Waals surface area contributed by atoms with Gasteiger partial charge < -0.3 is 4.74 Å². The van der Waals surface area contributed by atoms with E-state index in [1.165, 1.54) is 33.8 Å². The van der Waals surface area contributed by atoms with E-state index in [2.05, 4.69) is 62.6 Å². The Hall–Kier alpha value is -1.39. The third-order valence-electron chi connectivity index (χ3n) is 4.86. The van der Waals surface area contributed by atoms with Crippen LogP contribution in [0.2, 0.25) is 0 Å². The minimum atomic E-state index is -0.0790. The molecule has 0 radical (unpaired) electrons. The minimum absolute atomic E-state index is 0.0790. The maximum Gasteiger partial charge on any atom is 0.306 e. The summed E-state index contributed by atoms with van der Waals surface area (Å²) in [6.45, 7) is 4.94. The summed E-state index contributed by atoms with van der Waals surface area (Å²) >= 11 is 3.48. The van der Waals surface area contributed by atoms with E-state index in [0.717, 1.165) is 18.6 Å². The summed E-state index contributed by atoms with van der Waals surface area (Å²) in [5, 5.41) is 0. The van der Waals surface area contributed by atoms with Crippen molar-refractivity contribution in [1.82, 2.24) is 0 Å². The van der Waals surface area contributed by atoms with Crippen molar-refractivity contribution in [3.8, 4) is 11.1 Å². The summed E-state index contributed by atoms with van der Waals surface area (Å²) in [7, 11) is 0. The van der Waals surface area contributed by atoms with Crippen molar-refractivity contribution >= 4 is 29.5 Å². The number of carbonyl (C=O) groups excluding carboxylic acids is 1. The first-order valence-electron chi connectivity index (χ1n) is 10.2. The van der Waals surface area contributed by atoms with E-state index >= 15 is 0 Å². The zero-order valence-electron chi connectivity index (χ0n) is 17.3. The Morgan fingerprint density at radius 2 is 1.89 bits per heavy atom. The average molecular weight is 417 g/mol. The van der Waals surface area contributed by atoms with Crippen LogP contribution in [0.3, 0.4) is 0 Å². The summed E-state index contributed by atoms with van der Waals surface area (Å²) in [5.74, 6) is 1.16. The van der Waals surface area contributed by atoms with E-state index in [4.69, 9.17) is 4.74 Å². The van der Waals surface area contributed by atoms with Crippen LogP contribution in [0.15, 0.2) is 58.3 Å². The molecule has 28 heavy (non-hydrogen) atoms. The molecule has 0 amide bonds. The van der Waals surface area contributed by atoms with Gasteiger partial charge in [-0.3, -0.25) is 4.79 Å². The Balaban J connectivity index is 1.90. The number of unbranched alkanes of at least 4 members (excludes halogenated alkanes) is 1. The molecule has 0 saturated heterocycles. The van der Waals surface area contributed by atoms with Gasteiger partial charge in [0.2, 0.25) is 0 Å². The van der Waals surface area contributed by atoms with Crippen LogP contribution in [-0.4, -0.2) is 24.6 Å². The molecule has 2 aromatic carbocycles. The molecule has 152 valence electrons. The number of esters is 1. The van der Waals surface area contributed by atoms with E-state index in [0.29, 0.717) is 18.9 Å². The lowest BCUT2D eigenvalue weighted by molar-refractivity contribution is -0.144. The highest BCUT2D eigenvalue weighted by atomic mass is 32.2. The van der Waals surface area contributed by atoms with Gasteiger partial charge in [-0.2, -0.15) is 0 Å². The third kappa shape index (κ3) is 7.56. The van der Waals surface area contributed by atoms with Crippen molar-refractivity contribution in [2.45, 2.75) is 55.7 Å². The topological polar surface area (TPSA) is 26.3 Å². The molecule has 0 saturated carbocycles. The van der Waals surface area contributed by atoms with Crippen LogP contribution in [0.4, 0.5) is 0 Å². The predicted molar refractivity (Wildman–Crippen MR) is 123 cm³/mol. The first kappa shape index (κ1) is 22.9. The Bertz CT molecular complexity index is 716. The van der Waals surface area contributed by atoms with Crippen LogP contribution >= 0.6 is 23.5 Å². The highest BCUT2D eigenvalue weighted by molar-refractivity contribution is 7.99. The first-order chi connectivity index (χ1) is 13.7. The van der Waals surface area contributed by atoms with Crippen LogP contribution in [0.5, 0.6) is 0 Å². The second-order valence-corrected chi connectivity index (χ2v) is 8.94. The highest BCUT2D eigenvalue weighted by Gasteiger charge is 2.12. The van der Waals surface area contributed by atoms with Crippen LogP contribution in [-0.2, 0) is 9.53 Å². The van der Waals surface area contributed by atoms with Gasteiger partial charge >= 0.3 is 5.97 Å². The molecule has 2 rings (SSSR count). The second-order valence-electron chi connectivity index (χ2n) is 6.93. The van der Waals surface area contributed by atoms with Gasteiger partial charge in [0.15, 0.2) is 0 Å². The molecule has 1 unspecified atom stereocenters. The summed E-state index contributed by atoms with van der Waals surface area (Å²) in [6, 6.07) is 17.0. The molecule has 1 atom stereocenters. The average Bonchev–Trinajstić information content (AvgIpc) is 2.74. The molecule has 2 aromatic rings. The van der Waals surface area contributed by atoms with Gasteiger partial charge in [-0.1, -0.05) is 69.5 Å². The fraction of sp³-hybridized carbons (Fsp3) is 0.458. The van der Waals surface area contributed by atoms with Crippen molar-refractivity contribution in [2.24, 2.45) is 5.92 Å². The molecule has 4 heteroatoms. The van der Waals surface area contributed by atoms with Gasteiger partial charge in [0, 0.05) is 15.5 Å². The molecule has 0 spiro atoms. The Morgan fingerprint density at radius 3 is 2.57 bits per heavy atom. The third-order valence-corrected chi connectivity index (χ3v) is 6.64. The van der Waals surface area contributed by atoms with E-state index < -0.39 is 0 Å². The second kappa shape index (κ2) is 12.9. The zero-order valence-corrected chi connectivity index (χ0v) is 18.9. The molecule has 0 heterocycles. The van der Waals surface area contributed by atoms with Crippen molar-refractivity contribution in [3.63, 3.8) is 0 Å². The molecule has 0 bridgehead atoms. The Morgan fingerprint density at radius 1 is 1.11 bits per heavy atom. The molecule has 0 fully saturated rings. The van der Waals surface area contributed by atoms with Gasteiger partial charge in [-0.15, -0.1) is 23.5 Å². The molecule has 2 nitrogen and oxygen atoms in total. The molecule has 0 aliphatic carbocycles. The largest absolute Gasteiger partial charge is 0.465 e. The van der Waals surface area contributed by atoms with Gasteiger partial charge in [-0.25, -0.2) is 0 Å². The number of hydrogen-bond acceptors (Lipinski definition) is 4. The molecule has 0 aliphatic rings. The number of thioether (sulfide) groups is 2. The van der Waals surface area contributed by atoms with E-state index in [1.807, 2.05) is 6.07 Å². The van der Waals surface area contributed by atoms with E-state index in [-0.39, 0.29) is 5.97 Å². The SMILES string of the molecule is CCCCC(CC)COC(=O)CCSc1cc(SC)ccc1-c1ccccc1. The fourth-order valence-corrected chi connectivity index (χ4v) is 4.59. The number of carbonyl (C=O) groups is 1. The molecule has 0 aliphatic heterocycles. The summed E-state index contributed by atoms with van der Waals surface area (Å²) < 4.78 is 5.53. The Labute approximate surface area is 178 Å². The van der Waals surface area contributed by atoms with Crippen LogP contribution in [0.1, 0.15) is 46.0 Å². The van der Waals surface area contributed by atoms with Gasteiger partial charge in [0.05, 0.1) is 13.0 Å². The number of ether oxygens (including phenoxy) is 1. The quantitative estimate of drug-likeness (QED) is 0.267. The fourth-order valence-electron chi connectivity index (χ4n) is 3.03. The van der Waals surface area contributed by atoms with Gasteiger partial charge in [0.1, 0.15) is 0 Å². The molecular formula is C24H32O2S2. The number of rotatable bonds is 12. The van der Waals surface area contributed by atoms with Crippen molar-refractivity contribution in [2.75, 3.05) is 18.6 Å². The smallest absolute Gasteiger partial charge is 0.306 e. The van der Waals surface area contributed by atoms with Crippen LogP contribution in [0.25, 0.3) is 11.1 Å². The maximum absolute atomic E-state index is 12.2. The number of hydrogen-bond donors (Lipinski definition) is 0. The molecule has 0 N–H and O–H groups in total. The summed E-state index contributed by atoms with van der Waals surface area (Å²) in [5.41, 5.74) is 2.43. The van der Waals surface area contributed by atoms with Crippen molar-refractivity contribution in [3.05, 3.63) is 48.5 Å². The minimum Gasteiger partial charge on any atom is -0.465 e. The van der Waals surface area contributed by atoms with E-state index in [9.17, 15) is 4.79 Å². The van der Waals surface area contributed by atoms with Gasteiger partial charge in [0.25, 0.3) is 0 Å². The lowest BCUT2D eigenvalue weighted by Gasteiger charge is -2.15. The first-order valence-corrected chi connectivity index (χ1v) is 12.4. The van der Waals surface area contributed by atoms with Crippen LogP contribution < -0.4 is 0 Å². The van der Waals surface area contributed by atoms with Crippen molar-refractivity contribution in [1.29, 1.82) is 0 Å². The maximum atomic E-state index is 12.2. The molecular weight excluding hydrogens is 384 g/mol. The lowest BCUT2D eigenvalue weighted by Crippen LogP contribution is -2.14. The van der Waals surface area contributed by atoms with Crippen molar-refractivity contribution < 1.29 is 9.53 Å². The summed E-state index contributed by atoms with van der Waals surface area (Å²) in [6.07, 6.45) is 7.17. The monoisotopic (exact) mass is 416 g/mol. The number of benzene rings is 2. The van der Waals surface area contributed by atoms with E-state index in [1.54, 1.807) is 23.5 Å². The van der Waals surface area contributed by atoms with Crippen LogP contribution in [0, 0.1) is 5.92 Å². The summed E-state index contributed by atoms with van der Waals surface area (Å²) in [4.78, 5) is 14.6. The standard InChI is InChI=1S/C24H32O2S2/c1-4-6-10-19(5-2)18-26-24(25)15-16-28-23-17-21(27-3)13-14-22(23)20-11-8-7-9-12-20/h7-9,11-14,17,19H,4-6,10,15-16,18H2,1-3H3. The van der Waals surface area contributed by atoms with Gasteiger partial charge in [-0.05, 0) is 41.9 Å². The lowest BCUT2D eigenvalue weighted by atomic mass is 10.0. The molecule has 0 aromatic heterocycles. The Kier molecular flexibility index (Phi) is 10.6. The highest BCUT2D eigenvalue weighted by Crippen LogP contribution is 2.34. The predicted octanol–water partition coefficient (Wildman–Crippen LogP) is 7.32.